The number of nitrogens with two attached hydrogens (primary N) is 1. The molecule has 0 unspecified atom stereocenters. The van der Waals surface area contributed by atoms with Crippen LogP contribution in [0.1, 0.15) is 22.6 Å². The van der Waals surface area contributed by atoms with Crippen molar-refractivity contribution < 1.29 is 4.42 Å². The van der Waals surface area contributed by atoms with E-state index in [1.54, 1.807) is 0 Å². The highest BCUT2D eigenvalue weighted by atomic mass is 16.3. The van der Waals surface area contributed by atoms with Gasteiger partial charge >= 0.3 is 0 Å². The summed E-state index contributed by atoms with van der Waals surface area (Å²) in [5.41, 5.74) is 9.85. The molecule has 0 amide bonds. The normalized spacial score (nSPS) is 11.2. The first-order valence-electron chi connectivity index (χ1n) is 5.97. The zero-order valence-electron chi connectivity index (χ0n) is 10.2. The molecule has 18 heavy (non-hydrogen) atoms. The lowest BCUT2D eigenvalue weighted by Crippen LogP contribution is -2.01. The number of H-pyrrole nitrogens is 1. The van der Waals surface area contributed by atoms with Crippen LogP contribution in [0.5, 0.6) is 0 Å². The van der Waals surface area contributed by atoms with Crippen LogP contribution in [0.25, 0.3) is 11.0 Å². The number of nitrogens with one attached hydrogen (secondary N) is 1. The van der Waals surface area contributed by atoms with Gasteiger partial charge in [-0.2, -0.15) is 5.10 Å². The highest BCUT2D eigenvalue weighted by Gasteiger charge is 2.12. The number of hydrogen-bond donors (Lipinski definition) is 2. The average Bonchev–Trinajstić information content (AvgIpc) is 2.96. The minimum absolute atomic E-state index is 0.467. The molecule has 2 aromatic heterocycles. The van der Waals surface area contributed by atoms with E-state index in [0.29, 0.717) is 6.54 Å². The predicted octanol–water partition coefficient (Wildman–Crippen LogP) is 2.51. The Balaban J connectivity index is 2.02. The summed E-state index contributed by atoms with van der Waals surface area (Å²) in [6.07, 6.45) is 2.54. The standard InChI is InChI=1S/C14H15N3O/c1-9-11-4-2-3-5-13(11)18-14(9)6-10-8-16-17-12(10)7-15/h2-5,8H,6-7,15H2,1H3,(H,16,17). The summed E-state index contributed by atoms with van der Waals surface area (Å²) < 4.78 is 5.89. The third kappa shape index (κ3) is 1.71. The fourth-order valence-electron chi connectivity index (χ4n) is 2.23. The van der Waals surface area contributed by atoms with E-state index < -0.39 is 0 Å². The minimum Gasteiger partial charge on any atom is -0.460 e. The van der Waals surface area contributed by atoms with Gasteiger partial charge in [0.2, 0.25) is 0 Å². The van der Waals surface area contributed by atoms with Crippen LogP contribution in [0, 0.1) is 6.92 Å². The topological polar surface area (TPSA) is 67.8 Å². The largest absolute Gasteiger partial charge is 0.460 e. The van der Waals surface area contributed by atoms with Gasteiger partial charge < -0.3 is 10.2 Å². The van der Waals surface area contributed by atoms with Crippen molar-refractivity contribution in [2.24, 2.45) is 5.73 Å². The summed E-state index contributed by atoms with van der Waals surface area (Å²) in [4.78, 5) is 0. The second-order valence-electron chi connectivity index (χ2n) is 4.40. The molecule has 0 atom stereocenters. The predicted molar refractivity (Wildman–Crippen MR) is 70.2 cm³/mol. The van der Waals surface area contributed by atoms with E-state index >= 15 is 0 Å². The molecule has 0 bridgehead atoms. The number of furan rings is 1. The van der Waals surface area contributed by atoms with Gasteiger partial charge in [-0.3, -0.25) is 5.10 Å². The van der Waals surface area contributed by atoms with Crippen LogP contribution in [-0.4, -0.2) is 10.2 Å². The maximum atomic E-state index is 5.89. The van der Waals surface area contributed by atoms with Crippen molar-refractivity contribution in [1.82, 2.24) is 10.2 Å². The first-order chi connectivity index (χ1) is 8.79. The molecule has 0 saturated carbocycles. The first kappa shape index (κ1) is 11.0. The molecular formula is C14H15N3O. The van der Waals surface area contributed by atoms with E-state index in [2.05, 4.69) is 23.2 Å². The molecule has 2 heterocycles. The van der Waals surface area contributed by atoms with Crippen molar-refractivity contribution in [1.29, 1.82) is 0 Å². The Bertz CT molecular complexity index is 681. The summed E-state index contributed by atoms with van der Waals surface area (Å²) in [7, 11) is 0. The third-order valence-corrected chi connectivity index (χ3v) is 3.31. The molecule has 0 aliphatic heterocycles. The Hall–Kier alpha value is -2.07. The molecule has 3 aromatic rings. The lowest BCUT2D eigenvalue weighted by atomic mass is 10.1. The van der Waals surface area contributed by atoms with Crippen LogP contribution in [0.2, 0.25) is 0 Å². The molecule has 0 spiro atoms. The molecule has 0 fully saturated rings. The lowest BCUT2D eigenvalue weighted by Gasteiger charge is -1.99. The Kier molecular flexibility index (Phi) is 2.64. The van der Waals surface area contributed by atoms with E-state index in [4.69, 9.17) is 10.2 Å². The Labute approximate surface area is 105 Å². The smallest absolute Gasteiger partial charge is 0.134 e. The highest BCUT2D eigenvalue weighted by Crippen LogP contribution is 2.27. The van der Waals surface area contributed by atoms with Gasteiger partial charge in [-0.25, -0.2) is 0 Å². The number of benzene rings is 1. The second-order valence-corrected chi connectivity index (χ2v) is 4.40. The van der Waals surface area contributed by atoms with E-state index in [1.165, 1.54) is 10.9 Å². The van der Waals surface area contributed by atoms with E-state index in [-0.39, 0.29) is 0 Å². The fourth-order valence-corrected chi connectivity index (χ4v) is 2.23. The van der Waals surface area contributed by atoms with Crippen molar-refractivity contribution in [3.8, 4) is 0 Å². The summed E-state index contributed by atoms with van der Waals surface area (Å²) in [6, 6.07) is 8.08. The molecule has 0 radical (unpaired) electrons. The number of aromatic nitrogens is 2. The fraction of sp³-hybridized carbons (Fsp3) is 0.214. The maximum Gasteiger partial charge on any atom is 0.134 e. The van der Waals surface area contributed by atoms with Crippen LogP contribution in [0.4, 0.5) is 0 Å². The number of rotatable bonds is 3. The van der Waals surface area contributed by atoms with E-state index in [1.807, 2.05) is 24.4 Å². The van der Waals surface area contributed by atoms with Crippen LogP contribution in [0.15, 0.2) is 34.9 Å². The van der Waals surface area contributed by atoms with Crippen molar-refractivity contribution >= 4 is 11.0 Å². The van der Waals surface area contributed by atoms with E-state index in [0.717, 1.165) is 29.0 Å². The monoisotopic (exact) mass is 241 g/mol. The number of hydrogen-bond acceptors (Lipinski definition) is 3. The SMILES string of the molecule is Cc1c(Cc2cn[nH]c2CN)oc2ccccc12. The minimum atomic E-state index is 0.467. The number of aromatic amines is 1. The number of para-hydroxylation sites is 1. The molecule has 4 heteroatoms. The van der Waals surface area contributed by atoms with Gasteiger partial charge in [-0.05, 0) is 18.6 Å². The van der Waals surface area contributed by atoms with Crippen LogP contribution in [-0.2, 0) is 13.0 Å². The van der Waals surface area contributed by atoms with Gasteiger partial charge in [0.25, 0.3) is 0 Å². The molecule has 3 N–H and O–H groups in total. The molecular weight excluding hydrogens is 226 g/mol. The summed E-state index contributed by atoms with van der Waals surface area (Å²) >= 11 is 0. The zero-order valence-corrected chi connectivity index (χ0v) is 10.2. The molecule has 3 rings (SSSR count). The van der Waals surface area contributed by atoms with Gasteiger partial charge in [0.15, 0.2) is 0 Å². The van der Waals surface area contributed by atoms with Crippen molar-refractivity contribution in [3.05, 3.63) is 53.0 Å². The van der Waals surface area contributed by atoms with Crippen molar-refractivity contribution in [2.45, 2.75) is 19.9 Å². The van der Waals surface area contributed by atoms with Gasteiger partial charge in [0.1, 0.15) is 11.3 Å². The quantitative estimate of drug-likeness (QED) is 0.740. The van der Waals surface area contributed by atoms with Gasteiger partial charge in [0, 0.05) is 23.9 Å². The number of fused-ring (bicyclic) bond motifs is 1. The van der Waals surface area contributed by atoms with Crippen LogP contribution >= 0.6 is 0 Å². The number of aryl methyl sites for hydroxylation is 1. The van der Waals surface area contributed by atoms with Crippen LogP contribution in [0.3, 0.4) is 0 Å². The zero-order chi connectivity index (χ0) is 12.5. The molecule has 0 aliphatic carbocycles. The Morgan fingerprint density at radius 2 is 2.17 bits per heavy atom. The number of nitrogens with zero attached hydrogens (tertiary/aromatic N) is 1. The van der Waals surface area contributed by atoms with Crippen molar-refractivity contribution in [2.75, 3.05) is 0 Å². The van der Waals surface area contributed by atoms with Crippen LogP contribution < -0.4 is 5.73 Å². The molecule has 4 nitrogen and oxygen atoms in total. The van der Waals surface area contributed by atoms with Gasteiger partial charge in [-0.15, -0.1) is 0 Å². The highest BCUT2D eigenvalue weighted by molar-refractivity contribution is 5.81. The summed E-state index contributed by atoms with van der Waals surface area (Å²) in [5, 5.41) is 8.11. The molecule has 1 aromatic carbocycles. The van der Waals surface area contributed by atoms with E-state index in [9.17, 15) is 0 Å². The second kappa shape index (κ2) is 4.31. The Morgan fingerprint density at radius 1 is 1.33 bits per heavy atom. The Morgan fingerprint density at radius 3 is 2.94 bits per heavy atom. The first-order valence-corrected chi connectivity index (χ1v) is 5.97. The summed E-state index contributed by atoms with van der Waals surface area (Å²) in [6.45, 7) is 2.55. The lowest BCUT2D eigenvalue weighted by molar-refractivity contribution is 0.558. The van der Waals surface area contributed by atoms with Crippen molar-refractivity contribution in [3.63, 3.8) is 0 Å². The molecule has 92 valence electrons. The molecule has 0 aliphatic rings. The molecule has 0 saturated heterocycles. The van der Waals surface area contributed by atoms with Gasteiger partial charge in [-0.1, -0.05) is 18.2 Å². The summed E-state index contributed by atoms with van der Waals surface area (Å²) in [5.74, 6) is 0.979. The maximum absolute atomic E-state index is 5.89. The third-order valence-electron chi connectivity index (χ3n) is 3.31. The van der Waals surface area contributed by atoms with Gasteiger partial charge in [0.05, 0.1) is 11.9 Å². The average molecular weight is 241 g/mol.